The summed E-state index contributed by atoms with van der Waals surface area (Å²) in [6.07, 6.45) is -5.97. The van der Waals surface area contributed by atoms with Crippen LogP contribution in [0.5, 0.6) is 0 Å². The fourth-order valence-corrected chi connectivity index (χ4v) is 0.786. The van der Waals surface area contributed by atoms with Gasteiger partial charge in [0.05, 0.1) is 6.54 Å². The van der Waals surface area contributed by atoms with E-state index >= 15 is 0 Å². The number of nitrogens with two attached hydrogens (primary N) is 1. The van der Waals surface area contributed by atoms with Crippen molar-refractivity contribution in [2.45, 2.75) is 12.3 Å². The number of aliphatic hydroxyl groups excluding tert-OH is 1. The number of anilines is 2. The predicted molar refractivity (Wildman–Crippen MR) is 47.0 cm³/mol. The van der Waals surface area contributed by atoms with E-state index in [2.05, 4.69) is 15.3 Å². The molecule has 0 amide bonds. The van der Waals surface area contributed by atoms with Gasteiger partial charge in [0.1, 0.15) is 18.0 Å². The van der Waals surface area contributed by atoms with Crippen molar-refractivity contribution in [3.63, 3.8) is 0 Å². The molecule has 5 nitrogen and oxygen atoms in total. The maximum absolute atomic E-state index is 11.9. The van der Waals surface area contributed by atoms with Crippen molar-refractivity contribution in [3.8, 4) is 0 Å². The lowest BCUT2D eigenvalue weighted by Crippen LogP contribution is -2.35. The molecule has 1 rings (SSSR count). The molecule has 0 spiro atoms. The van der Waals surface area contributed by atoms with Crippen LogP contribution in [0.3, 0.4) is 0 Å². The van der Waals surface area contributed by atoms with E-state index in [4.69, 9.17) is 10.8 Å². The van der Waals surface area contributed by atoms with Crippen LogP contribution in [0, 0.1) is 0 Å². The highest BCUT2D eigenvalue weighted by molar-refractivity contribution is 5.43. The van der Waals surface area contributed by atoms with Gasteiger partial charge >= 0.3 is 6.18 Å². The van der Waals surface area contributed by atoms with Crippen molar-refractivity contribution in [1.29, 1.82) is 0 Å². The maximum atomic E-state index is 11.9. The highest BCUT2D eigenvalue weighted by atomic mass is 19.4. The molecule has 0 saturated heterocycles. The minimum absolute atomic E-state index is 0.130. The molecular formula is C7H9F3N4O. The van der Waals surface area contributed by atoms with Gasteiger partial charge in [0, 0.05) is 6.07 Å². The zero-order chi connectivity index (χ0) is 11.5. The van der Waals surface area contributed by atoms with E-state index in [1.165, 1.54) is 6.07 Å². The highest BCUT2D eigenvalue weighted by Crippen LogP contribution is 2.20. The van der Waals surface area contributed by atoms with E-state index in [9.17, 15) is 13.2 Å². The molecule has 0 radical (unpaired) electrons. The summed E-state index contributed by atoms with van der Waals surface area (Å²) in [5.74, 6) is 0.264. The SMILES string of the molecule is Nc1cc(NC[C@@H](O)C(F)(F)F)ncn1. The van der Waals surface area contributed by atoms with Crippen molar-refractivity contribution in [2.24, 2.45) is 0 Å². The van der Waals surface area contributed by atoms with E-state index in [0.29, 0.717) is 0 Å². The first-order chi connectivity index (χ1) is 6.89. The topological polar surface area (TPSA) is 84.1 Å². The van der Waals surface area contributed by atoms with Gasteiger partial charge in [-0.3, -0.25) is 0 Å². The van der Waals surface area contributed by atoms with Gasteiger partial charge in [-0.2, -0.15) is 13.2 Å². The van der Waals surface area contributed by atoms with Crippen LogP contribution >= 0.6 is 0 Å². The molecule has 84 valence electrons. The lowest BCUT2D eigenvalue weighted by atomic mass is 10.3. The van der Waals surface area contributed by atoms with E-state index < -0.39 is 18.8 Å². The quantitative estimate of drug-likeness (QED) is 0.689. The second-order valence-electron chi connectivity index (χ2n) is 2.77. The Hall–Kier alpha value is -1.57. The lowest BCUT2D eigenvalue weighted by molar-refractivity contribution is -0.198. The Kier molecular flexibility index (Phi) is 3.30. The minimum atomic E-state index is -4.65. The van der Waals surface area contributed by atoms with E-state index in [1.54, 1.807) is 0 Å². The second-order valence-corrected chi connectivity index (χ2v) is 2.77. The zero-order valence-corrected chi connectivity index (χ0v) is 7.49. The van der Waals surface area contributed by atoms with Gasteiger partial charge in [-0.1, -0.05) is 0 Å². The van der Waals surface area contributed by atoms with Crippen LogP contribution in [-0.2, 0) is 0 Å². The molecule has 8 heteroatoms. The van der Waals surface area contributed by atoms with Crippen LogP contribution in [0.15, 0.2) is 12.4 Å². The fraction of sp³-hybridized carbons (Fsp3) is 0.429. The molecule has 0 aliphatic rings. The molecule has 0 bridgehead atoms. The van der Waals surface area contributed by atoms with Crippen molar-refractivity contribution < 1.29 is 18.3 Å². The van der Waals surface area contributed by atoms with Gasteiger partial charge < -0.3 is 16.2 Å². The molecule has 0 saturated carbocycles. The normalized spacial score (nSPS) is 13.6. The lowest BCUT2D eigenvalue weighted by Gasteiger charge is -2.15. The van der Waals surface area contributed by atoms with E-state index in [-0.39, 0.29) is 11.6 Å². The zero-order valence-electron chi connectivity index (χ0n) is 7.49. The van der Waals surface area contributed by atoms with Gasteiger partial charge in [-0.15, -0.1) is 0 Å². The van der Waals surface area contributed by atoms with Crippen molar-refractivity contribution in [3.05, 3.63) is 12.4 Å². The number of nitrogens with one attached hydrogen (secondary N) is 1. The molecule has 1 aromatic rings. The third kappa shape index (κ3) is 3.58. The second kappa shape index (κ2) is 4.30. The average Bonchev–Trinajstić information content (AvgIpc) is 2.12. The third-order valence-corrected chi connectivity index (χ3v) is 1.54. The van der Waals surface area contributed by atoms with Crippen LogP contribution in [0.1, 0.15) is 0 Å². The van der Waals surface area contributed by atoms with Crippen LogP contribution in [0.25, 0.3) is 0 Å². The Balaban J connectivity index is 2.51. The molecule has 0 aliphatic carbocycles. The number of aliphatic hydroxyl groups is 1. The van der Waals surface area contributed by atoms with Crippen molar-refractivity contribution in [1.82, 2.24) is 9.97 Å². The van der Waals surface area contributed by atoms with Crippen LogP contribution in [-0.4, -0.2) is 33.9 Å². The first-order valence-electron chi connectivity index (χ1n) is 3.96. The summed E-state index contributed by atoms with van der Waals surface area (Å²) in [5.41, 5.74) is 5.27. The Morgan fingerprint density at radius 2 is 2.13 bits per heavy atom. The molecule has 15 heavy (non-hydrogen) atoms. The molecule has 0 fully saturated rings. The number of rotatable bonds is 3. The van der Waals surface area contributed by atoms with Gasteiger partial charge in [-0.25, -0.2) is 9.97 Å². The molecule has 1 heterocycles. The van der Waals surface area contributed by atoms with Gasteiger partial charge in [0.15, 0.2) is 6.10 Å². The Morgan fingerprint density at radius 3 is 2.67 bits per heavy atom. The molecule has 1 atom stereocenters. The number of hydrogen-bond donors (Lipinski definition) is 3. The number of nitrogen functional groups attached to an aromatic ring is 1. The highest BCUT2D eigenvalue weighted by Gasteiger charge is 2.37. The average molecular weight is 222 g/mol. The predicted octanol–water partition coefficient (Wildman–Crippen LogP) is 0.394. The third-order valence-electron chi connectivity index (χ3n) is 1.54. The van der Waals surface area contributed by atoms with Crippen LogP contribution < -0.4 is 11.1 Å². The number of halogens is 3. The number of nitrogens with zero attached hydrogens (tertiary/aromatic N) is 2. The summed E-state index contributed by atoms with van der Waals surface area (Å²) in [7, 11) is 0. The molecule has 1 aromatic heterocycles. The molecule has 0 aliphatic heterocycles. The minimum Gasteiger partial charge on any atom is -0.384 e. The maximum Gasteiger partial charge on any atom is 0.416 e. The molecule has 0 aromatic carbocycles. The van der Waals surface area contributed by atoms with Crippen molar-refractivity contribution >= 4 is 11.6 Å². The first kappa shape index (κ1) is 11.5. The largest absolute Gasteiger partial charge is 0.416 e. The summed E-state index contributed by atoms with van der Waals surface area (Å²) in [6, 6.07) is 1.27. The first-order valence-corrected chi connectivity index (χ1v) is 3.96. The number of hydrogen-bond acceptors (Lipinski definition) is 5. The van der Waals surface area contributed by atoms with Gasteiger partial charge in [-0.05, 0) is 0 Å². The van der Waals surface area contributed by atoms with Crippen molar-refractivity contribution in [2.75, 3.05) is 17.6 Å². The molecule has 4 N–H and O–H groups in total. The summed E-state index contributed by atoms with van der Waals surface area (Å²) in [4.78, 5) is 7.17. The molecule has 0 unspecified atom stereocenters. The monoisotopic (exact) mass is 222 g/mol. The van der Waals surface area contributed by atoms with Crippen LogP contribution in [0.2, 0.25) is 0 Å². The standard InChI is InChI=1S/C7H9F3N4O/c8-7(9,10)4(15)2-12-6-1-5(11)13-3-14-6/h1,3-4,15H,2H2,(H3,11,12,13,14)/t4-/m1/s1. The van der Waals surface area contributed by atoms with E-state index in [0.717, 1.165) is 6.33 Å². The summed E-state index contributed by atoms with van der Waals surface area (Å²) < 4.78 is 35.7. The Labute approximate surface area is 83.1 Å². The van der Waals surface area contributed by atoms with Gasteiger partial charge in [0.25, 0.3) is 0 Å². The summed E-state index contributed by atoms with van der Waals surface area (Å²) in [5, 5.41) is 10.9. The van der Waals surface area contributed by atoms with E-state index in [1.807, 2.05) is 0 Å². The summed E-state index contributed by atoms with van der Waals surface area (Å²) >= 11 is 0. The Bertz CT molecular complexity index is 330. The van der Waals surface area contributed by atoms with Crippen LogP contribution in [0.4, 0.5) is 24.8 Å². The smallest absolute Gasteiger partial charge is 0.384 e. The number of alkyl halides is 3. The molecular weight excluding hydrogens is 213 g/mol. The summed E-state index contributed by atoms with van der Waals surface area (Å²) in [6.45, 7) is -0.681. The number of aromatic nitrogens is 2. The van der Waals surface area contributed by atoms with Gasteiger partial charge in [0.2, 0.25) is 0 Å². The Morgan fingerprint density at radius 1 is 1.47 bits per heavy atom. The fourth-order valence-electron chi connectivity index (χ4n) is 0.786.